The third-order valence-corrected chi connectivity index (χ3v) is 1.42. The number of halogens is 2. The van der Waals surface area contributed by atoms with Crippen LogP contribution in [0, 0.1) is 0 Å². The lowest BCUT2D eigenvalue weighted by molar-refractivity contribution is -0.147. The van der Waals surface area contributed by atoms with Crippen LogP contribution in [0.2, 0.25) is 0 Å². The average molecular weight is 160 g/mol. The van der Waals surface area contributed by atoms with Crippen molar-refractivity contribution < 1.29 is 18.7 Å². The number of carboxylic acid groups (broad SMARTS) is 1. The van der Waals surface area contributed by atoms with Gasteiger partial charge in [-0.15, -0.1) is 0 Å². The first-order chi connectivity index (χ1) is 5.04. The molecule has 1 atom stereocenters. The van der Waals surface area contributed by atoms with Crippen molar-refractivity contribution in [2.75, 3.05) is 0 Å². The number of alkyl halides is 1. The van der Waals surface area contributed by atoms with Gasteiger partial charge in [-0.3, -0.25) is 0 Å². The van der Waals surface area contributed by atoms with E-state index in [4.69, 9.17) is 5.11 Å². The van der Waals surface area contributed by atoms with Crippen LogP contribution < -0.4 is 0 Å². The molecule has 0 fully saturated rings. The normalized spacial score (nSPS) is 29.8. The first-order valence-corrected chi connectivity index (χ1v) is 3.01. The highest BCUT2D eigenvalue weighted by Crippen LogP contribution is 2.27. The van der Waals surface area contributed by atoms with Gasteiger partial charge in [0.1, 0.15) is 5.83 Å². The molecule has 0 heterocycles. The number of carboxylic acids is 1. The fourth-order valence-electron chi connectivity index (χ4n) is 0.816. The number of hydrogen-bond acceptors (Lipinski definition) is 1. The fourth-order valence-corrected chi connectivity index (χ4v) is 0.816. The minimum absolute atomic E-state index is 0.709. The topological polar surface area (TPSA) is 37.3 Å². The zero-order valence-corrected chi connectivity index (χ0v) is 5.55. The van der Waals surface area contributed by atoms with Crippen LogP contribution in [0.1, 0.15) is 6.42 Å². The molecule has 0 aromatic heterocycles. The van der Waals surface area contributed by atoms with Crippen LogP contribution in [-0.2, 0) is 4.79 Å². The lowest BCUT2D eigenvalue weighted by Crippen LogP contribution is -2.32. The van der Waals surface area contributed by atoms with E-state index in [-0.39, 0.29) is 0 Å². The molecule has 0 saturated heterocycles. The van der Waals surface area contributed by atoms with Gasteiger partial charge in [0, 0.05) is 6.42 Å². The molecule has 0 aromatic carbocycles. The molecule has 60 valence electrons. The summed E-state index contributed by atoms with van der Waals surface area (Å²) in [5.41, 5.74) is -2.56. The quantitative estimate of drug-likeness (QED) is 0.632. The Morgan fingerprint density at radius 1 is 1.73 bits per heavy atom. The van der Waals surface area contributed by atoms with Gasteiger partial charge in [-0.2, -0.15) is 0 Å². The summed E-state index contributed by atoms with van der Waals surface area (Å²) in [5, 5.41) is 8.30. The molecule has 0 amide bonds. The van der Waals surface area contributed by atoms with E-state index in [9.17, 15) is 13.6 Å². The SMILES string of the molecule is O=C(O)C1(F)C=CC=C(F)C1. The number of hydrogen-bond donors (Lipinski definition) is 1. The highest BCUT2D eigenvalue weighted by atomic mass is 19.2. The lowest BCUT2D eigenvalue weighted by atomic mass is 9.97. The predicted molar refractivity (Wildman–Crippen MR) is 34.4 cm³/mol. The highest BCUT2D eigenvalue weighted by molar-refractivity contribution is 5.80. The third-order valence-electron chi connectivity index (χ3n) is 1.42. The van der Waals surface area contributed by atoms with Crippen LogP contribution in [0.3, 0.4) is 0 Å². The van der Waals surface area contributed by atoms with E-state index in [0.29, 0.717) is 0 Å². The molecule has 11 heavy (non-hydrogen) atoms. The predicted octanol–water partition coefficient (Wildman–Crippen LogP) is 1.59. The first-order valence-electron chi connectivity index (χ1n) is 3.01. The zero-order chi connectivity index (χ0) is 8.48. The Bertz CT molecular complexity index is 245. The molecular formula is C7H6F2O2. The summed E-state index contributed by atoms with van der Waals surface area (Å²) in [6.45, 7) is 0. The van der Waals surface area contributed by atoms with Crippen LogP contribution in [0.4, 0.5) is 8.78 Å². The van der Waals surface area contributed by atoms with Crippen LogP contribution in [0.15, 0.2) is 24.1 Å². The molecule has 0 aliphatic heterocycles. The summed E-state index contributed by atoms with van der Waals surface area (Å²) in [5.74, 6) is -2.41. The summed E-state index contributed by atoms with van der Waals surface area (Å²) >= 11 is 0. The molecule has 0 aromatic rings. The van der Waals surface area contributed by atoms with Crippen LogP contribution in [-0.4, -0.2) is 16.7 Å². The van der Waals surface area contributed by atoms with E-state index in [1.807, 2.05) is 0 Å². The fraction of sp³-hybridized carbons (Fsp3) is 0.286. The smallest absolute Gasteiger partial charge is 0.346 e. The maximum absolute atomic E-state index is 13.0. The summed E-state index contributed by atoms with van der Waals surface area (Å²) in [6, 6.07) is 0. The van der Waals surface area contributed by atoms with Gasteiger partial charge in [0.2, 0.25) is 5.67 Å². The van der Waals surface area contributed by atoms with Crippen LogP contribution in [0.25, 0.3) is 0 Å². The van der Waals surface area contributed by atoms with Gasteiger partial charge in [0.15, 0.2) is 0 Å². The lowest BCUT2D eigenvalue weighted by Gasteiger charge is -2.17. The van der Waals surface area contributed by atoms with Crippen molar-refractivity contribution in [1.82, 2.24) is 0 Å². The van der Waals surface area contributed by atoms with Crippen molar-refractivity contribution in [1.29, 1.82) is 0 Å². The Labute approximate surface area is 61.8 Å². The summed E-state index contributed by atoms with van der Waals surface area (Å²) in [6.07, 6.45) is 2.23. The standard InChI is InChI=1S/C7H6F2O2/c8-5-2-1-3-7(9,4-5)6(10)11/h1-3H,4H2,(H,10,11). The van der Waals surface area contributed by atoms with Gasteiger partial charge in [-0.1, -0.05) is 6.08 Å². The Morgan fingerprint density at radius 2 is 2.36 bits per heavy atom. The minimum atomic E-state index is -2.56. The highest BCUT2D eigenvalue weighted by Gasteiger charge is 2.38. The van der Waals surface area contributed by atoms with E-state index in [1.54, 1.807) is 0 Å². The monoisotopic (exact) mass is 160 g/mol. The van der Waals surface area contributed by atoms with Crippen molar-refractivity contribution in [3.63, 3.8) is 0 Å². The molecule has 1 rings (SSSR count). The molecular weight excluding hydrogens is 154 g/mol. The number of aliphatic carboxylic acids is 1. The molecule has 1 N–H and O–H groups in total. The van der Waals surface area contributed by atoms with E-state index < -0.39 is 23.9 Å². The van der Waals surface area contributed by atoms with Crippen LogP contribution >= 0.6 is 0 Å². The minimum Gasteiger partial charge on any atom is -0.479 e. The van der Waals surface area contributed by atoms with Gasteiger partial charge >= 0.3 is 5.97 Å². The van der Waals surface area contributed by atoms with E-state index in [1.165, 1.54) is 0 Å². The Morgan fingerprint density at radius 3 is 2.73 bits per heavy atom. The third kappa shape index (κ3) is 1.45. The van der Waals surface area contributed by atoms with Crippen molar-refractivity contribution in [3.8, 4) is 0 Å². The summed E-state index contributed by atoms with van der Waals surface area (Å²) in [7, 11) is 0. The molecule has 1 unspecified atom stereocenters. The molecule has 4 heteroatoms. The first kappa shape index (κ1) is 7.91. The van der Waals surface area contributed by atoms with E-state index >= 15 is 0 Å². The average Bonchev–Trinajstić information content (AvgIpc) is 1.86. The molecule has 0 radical (unpaired) electrons. The Kier molecular flexibility index (Phi) is 1.76. The Hall–Kier alpha value is -1.19. The van der Waals surface area contributed by atoms with Gasteiger partial charge in [-0.25, -0.2) is 13.6 Å². The van der Waals surface area contributed by atoms with Gasteiger partial charge in [-0.05, 0) is 12.2 Å². The molecule has 1 aliphatic carbocycles. The maximum Gasteiger partial charge on any atom is 0.346 e. The second-order valence-electron chi connectivity index (χ2n) is 2.32. The van der Waals surface area contributed by atoms with Gasteiger partial charge in [0.05, 0.1) is 0 Å². The maximum atomic E-state index is 13.0. The number of allylic oxidation sites excluding steroid dienone is 3. The molecule has 0 bridgehead atoms. The largest absolute Gasteiger partial charge is 0.479 e. The van der Waals surface area contributed by atoms with Crippen molar-refractivity contribution in [3.05, 3.63) is 24.1 Å². The van der Waals surface area contributed by atoms with Gasteiger partial charge < -0.3 is 5.11 Å². The second-order valence-corrected chi connectivity index (χ2v) is 2.32. The molecule has 0 saturated carbocycles. The van der Waals surface area contributed by atoms with Crippen molar-refractivity contribution in [2.45, 2.75) is 12.1 Å². The van der Waals surface area contributed by atoms with Crippen LogP contribution in [0.5, 0.6) is 0 Å². The zero-order valence-electron chi connectivity index (χ0n) is 5.55. The Balaban J connectivity index is 2.86. The number of carbonyl (C=O) groups is 1. The number of rotatable bonds is 1. The van der Waals surface area contributed by atoms with E-state index in [0.717, 1.165) is 18.2 Å². The van der Waals surface area contributed by atoms with E-state index in [2.05, 4.69) is 0 Å². The van der Waals surface area contributed by atoms with Crippen molar-refractivity contribution >= 4 is 5.97 Å². The van der Waals surface area contributed by atoms with Crippen molar-refractivity contribution in [2.24, 2.45) is 0 Å². The second kappa shape index (κ2) is 2.45. The molecule has 1 aliphatic rings. The summed E-state index contributed by atoms with van der Waals surface area (Å²) < 4.78 is 25.3. The molecule has 2 nitrogen and oxygen atoms in total. The van der Waals surface area contributed by atoms with Gasteiger partial charge in [0.25, 0.3) is 0 Å². The molecule has 0 spiro atoms. The summed E-state index contributed by atoms with van der Waals surface area (Å²) in [4.78, 5) is 10.2.